The van der Waals surface area contributed by atoms with Crippen molar-refractivity contribution in [3.8, 4) is 0 Å². The molecule has 0 bridgehead atoms. The number of hydrogen-bond acceptors (Lipinski definition) is 5. The van der Waals surface area contributed by atoms with Crippen LogP contribution >= 0.6 is 0 Å². The van der Waals surface area contributed by atoms with Crippen LogP contribution in [0.5, 0.6) is 0 Å². The summed E-state index contributed by atoms with van der Waals surface area (Å²) in [6, 6.07) is 3.60. The van der Waals surface area contributed by atoms with E-state index < -0.39 is 11.7 Å². The van der Waals surface area contributed by atoms with Crippen molar-refractivity contribution in [1.82, 2.24) is 4.98 Å². The van der Waals surface area contributed by atoms with Gasteiger partial charge in [-0.15, -0.1) is 0 Å². The maximum Gasteiger partial charge on any atom is 0.413 e. The summed E-state index contributed by atoms with van der Waals surface area (Å²) in [5.41, 5.74) is 6.12. The average Bonchev–Trinajstić information content (AvgIpc) is 2.38. The van der Waals surface area contributed by atoms with E-state index in [1.165, 1.54) is 0 Å². The molecule has 0 aliphatic heterocycles. The third-order valence-electron chi connectivity index (χ3n) is 3.21. The van der Waals surface area contributed by atoms with Crippen LogP contribution in [0.1, 0.15) is 34.6 Å². The van der Waals surface area contributed by atoms with Crippen molar-refractivity contribution >= 4 is 17.6 Å². The van der Waals surface area contributed by atoms with Crippen molar-refractivity contribution in [2.24, 2.45) is 17.6 Å². The molecule has 0 saturated heterocycles. The molecule has 22 heavy (non-hydrogen) atoms. The summed E-state index contributed by atoms with van der Waals surface area (Å²) in [6.45, 7) is 11.2. The van der Waals surface area contributed by atoms with Crippen LogP contribution in [0.25, 0.3) is 0 Å². The number of aromatic nitrogens is 1. The number of nitrogens with two attached hydrogens (primary N) is 1. The summed E-state index contributed by atoms with van der Waals surface area (Å²) < 4.78 is 5.17. The number of rotatable bonds is 6. The van der Waals surface area contributed by atoms with E-state index in [2.05, 4.69) is 29.5 Å². The van der Waals surface area contributed by atoms with Gasteiger partial charge >= 0.3 is 6.09 Å². The van der Waals surface area contributed by atoms with Gasteiger partial charge in [-0.05, 0) is 51.3 Å². The molecule has 1 aromatic heterocycles. The van der Waals surface area contributed by atoms with Gasteiger partial charge in [0.25, 0.3) is 0 Å². The highest BCUT2D eigenvalue weighted by molar-refractivity contribution is 5.83. The van der Waals surface area contributed by atoms with E-state index in [0.717, 1.165) is 12.2 Å². The van der Waals surface area contributed by atoms with E-state index in [4.69, 9.17) is 10.5 Å². The Bertz CT molecular complexity index is 466. The van der Waals surface area contributed by atoms with Crippen LogP contribution < -0.4 is 16.4 Å². The lowest BCUT2D eigenvalue weighted by atomic mass is 9.96. The summed E-state index contributed by atoms with van der Waals surface area (Å²) >= 11 is 0. The number of amides is 1. The highest BCUT2D eigenvalue weighted by Crippen LogP contribution is 2.14. The summed E-state index contributed by atoms with van der Waals surface area (Å²) in [5.74, 6) is 1.40. The van der Waals surface area contributed by atoms with Gasteiger partial charge in [-0.25, -0.2) is 9.78 Å². The first-order valence-corrected chi connectivity index (χ1v) is 7.61. The molecule has 1 unspecified atom stereocenters. The Hall–Kier alpha value is -1.82. The van der Waals surface area contributed by atoms with Gasteiger partial charge in [-0.1, -0.05) is 13.8 Å². The normalized spacial score (nSPS) is 12.9. The van der Waals surface area contributed by atoms with E-state index >= 15 is 0 Å². The van der Waals surface area contributed by atoms with Gasteiger partial charge in [0, 0.05) is 6.54 Å². The SMILES string of the molecule is CC(C)C(CN)CNc1ccc(NC(=O)OC(C)(C)C)nc1. The van der Waals surface area contributed by atoms with E-state index in [1.807, 2.05) is 26.8 Å². The third-order valence-corrected chi connectivity index (χ3v) is 3.21. The molecule has 0 aliphatic rings. The van der Waals surface area contributed by atoms with Gasteiger partial charge in [0.1, 0.15) is 11.4 Å². The minimum atomic E-state index is -0.528. The fraction of sp³-hybridized carbons (Fsp3) is 0.625. The number of pyridine rings is 1. The number of hydrogen-bond donors (Lipinski definition) is 3. The van der Waals surface area contributed by atoms with E-state index in [-0.39, 0.29) is 0 Å². The molecule has 6 nitrogen and oxygen atoms in total. The predicted molar refractivity (Wildman–Crippen MR) is 90.0 cm³/mol. The summed E-state index contributed by atoms with van der Waals surface area (Å²) in [7, 11) is 0. The van der Waals surface area contributed by atoms with Gasteiger partial charge in [0.05, 0.1) is 11.9 Å². The summed E-state index contributed by atoms with van der Waals surface area (Å²) in [5, 5.41) is 5.91. The maximum atomic E-state index is 11.6. The quantitative estimate of drug-likeness (QED) is 0.751. The number of carbonyl (C=O) groups is 1. The first kappa shape index (κ1) is 18.2. The molecule has 6 heteroatoms. The van der Waals surface area contributed by atoms with Crippen LogP contribution in [-0.4, -0.2) is 29.8 Å². The van der Waals surface area contributed by atoms with Crippen LogP contribution in [0.4, 0.5) is 16.3 Å². The van der Waals surface area contributed by atoms with Crippen molar-refractivity contribution in [3.05, 3.63) is 18.3 Å². The largest absolute Gasteiger partial charge is 0.444 e. The minimum Gasteiger partial charge on any atom is -0.444 e. The Kier molecular flexibility index (Phi) is 6.61. The Balaban J connectivity index is 2.51. The van der Waals surface area contributed by atoms with Crippen molar-refractivity contribution in [2.45, 2.75) is 40.2 Å². The Morgan fingerprint density at radius 2 is 2.05 bits per heavy atom. The molecule has 0 saturated carbocycles. The van der Waals surface area contributed by atoms with Crippen molar-refractivity contribution in [3.63, 3.8) is 0 Å². The van der Waals surface area contributed by atoms with E-state index in [9.17, 15) is 4.79 Å². The number of nitrogens with zero attached hydrogens (tertiary/aromatic N) is 1. The zero-order chi connectivity index (χ0) is 16.8. The highest BCUT2D eigenvalue weighted by atomic mass is 16.6. The topological polar surface area (TPSA) is 89.3 Å². The molecule has 1 heterocycles. The summed E-state index contributed by atoms with van der Waals surface area (Å²) in [6.07, 6.45) is 1.17. The molecular weight excluding hydrogens is 280 g/mol. The van der Waals surface area contributed by atoms with E-state index in [1.54, 1.807) is 12.3 Å². The second kappa shape index (κ2) is 7.98. The van der Waals surface area contributed by atoms with Crippen molar-refractivity contribution in [2.75, 3.05) is 23.7 Å². The first-order chi connectivity index (χ1) is 10.2. The molecule has 0 aliphatic carbocycles. The molecule has 1 amide bonds. The average molecular weight is 308 g/mol. The van der Waals surface area contributed by atoms with Gasteiger partial charge in [-0.2, -0.15) is 0 Å². The third kappa shape index (κ3) is 6.76. The predicted octanol–water partition coefficient (Wildman–Crippen LogP) is 3.07. The van der Waals surface area contributed by atoms with Crippen LogP contribution in [-0.2, 0) is 4.74 Å². The molecule has 0 aromatic carbocycles. The molecule has 124 valence electrons. The molecule has 0 radical (unpaired) electrons. The lowest BCUT2D eigenvalue weighted by Crippen LogP contribution is -2.28. The number of nitrogens with one attached hydrogen (secondary N) is 2. The van der Waals surface area contributed by atoms with Gasteiger partial charge < -0.3 is 15.8 Å². The van der Waals surface area contributed by atoms with Crippen molar-refractivity contribution < 1.29 is 9.53 Å². The Morgan fingerprint density at radius 1 is 1.36 bits per heavy atom. The molecule has 1 aromatic rings. The summed E-state index contributed by atoms with van der Waals surface area (Å²) in [4.78, 5) is 15.8. The van der Waals surface area contributed by atoms with Crippen LogP contribution in [0.3, 0.4) is 0 Å². The molecule has 4 N–H and O–H groups in total. The monoisotopic (exact) mass is 308 g/mol. The number of ether oxygens (including phenoxy) is 1. The van der Waals surface area contributed by atoms with Crippen LogP contribution in [0.2, 0.25) is 0 Å². The molecular formula is C16H28N4O2. The zero-order valence-corrected chi connectivity index (χ0v) is 14.1. The number of carbonyl (C=O) groups excluding carboxylic acids is 1. The fourth-order valence-corrected chi connectivity index (χ4v) is 1.82. The standard InChI is InChI=1S/C16H28N4O2/c1-11(2)12(8-17)9-18-13-6-7-14(19-10-13)20-15(21)22-16(3,4)5/h6-7,10-12,18H,8-9,17H2,1-5H3,(H,19,20,21). The lowest BCUT2D eigenvalue weighted by molar-refractivity contribution is 0.0635. The molecule has 1 rings (SSSR count). The number of anilines is 2. The molecule has 0 fully saturated rings. The first-order valence-electron chi connectivity index (χ1n) is 7.61. The van der Waals surface area contributed by atoms with Gasteiger partial charge in [-0.3, -0.25) is 5.32 Å². The molecule has 0 spiro atoms. The van der Waals surface area contributed by atoms with Gasteiger partial charge in [0.2, 0.25) is 0 Å². The second-order valence-corrected chi connectivity index (χ2v) is 6.68. The van der Waals surface area contributed by atoms with Crippen LogP contribution in [0.15, 0.2) is 18.3 Å². The highest BCUT2D eigenvalue weighted by Gasteiger charge is 2.16. The Labute approximate surface area is 132 Å². The van der Waals surface area contributed by atoms with Crippen molar-refractivity contribution in [1.29, 1.82) is 0 Å². The fourth-order valence-electron chi connectivity index (χ4n) is 1.82. The minimum absolute atomic E-state index is 0.416. The van der Waals surface area contributed by atoms with Gasteiger partial charge in [0.15, 0.2) is 0 Å². The van der Waals surface area contributed by atoms with Crippen LogP contribution in [0, 0.1) is 11.8 Å². The van der Waals surface area contributed by atoms with E-state index in [0.29, 0.717) is 24.2 Å². The zero-order valence-electron chi connectivity index (χ0n) is 14.1. The molecule has 1 atom stereocenters. The second-order valence-electron chi connectivity index (χ2n) is 6.68. The maximum absolute atomic E-state index is 11.6. The lowest BCUT2D eigenvalue weighted by Gasteiger charge is -2.20. The Morgan fingerprint density at radius 3 is 2.50 bits per heavy atom. The smallest absolute Gasteiger partial charge is 0.413 e.